The van der Waals surface area contributed by atoms with Gasteiger partial charge in [0.05, 0.1) is 18.8 Å². The van der Waals surface area contributed by atoms with E-state index in [1.807, 2.05) is 63.4 Å². The van der Waals surface area contributed by atoms with E-state index in [0.29, 0.717) is 25.5 Å². The number of furan rings is 1. The highest BCUT2D eigenvalue weighted by Gasteiger charge is 2.30. The topological polar surface area (TPSA) is 80.5 Å². The van der Waals surface area contributed by atoms with Crippen molar-refractivity contribution in [3.05, 3.63) is 70.2 Å². The Morgan fingerprint density at radius 1 is 1.22 bits per heavy atom. The first-order valence-electron chi connectivity index (χ1n) is 10.5. The number of carbonyl (C=O) groups excluding carboxylic acids is 1. The number of nitrogens with zero attached hydrogens (tertiary/aromatic N) is 3. The van der Waals surface area contributed by atoms with Crippen molar-refractivity contribution in [2.45, 2.75) is 26.9 Å². The molecule has 1 amide bonds. The molecule has 164 valence electrons. The highest BCUT2D eigenvalue weighted by molar-refractivity contribution is 7.15. The number of hydrogen-bond donors (Lipinski definition) is 1. The van der Waals surface area contributed by atoms with Crippen LogP contribution in [0.1, 0.15) is 38.5 Å². The Labute approximate surface area is 190 Å². The van der Waals surface area contributed by atoms with E-state index in [1.54, 1.807) is 16.2 Å². The summed E-state index contributed by atoms with van der Waals surface area (Å²) >= 11 is 1.60. The van der Waals surface area contributed by atoms with Gasteiger partial charge in [-0.1, -0.05) is 18.2 Å². The zero-order valence-electron chi connectivity index (χ0n) is 18.2. The molecule has 5 rings (SSSR count). The molecule has 1 saturated heterocycles. The van der Waals surface area contributed by atoms with E-state index in [0.717, 1.165) is 43.6 Å². The zero-order valence-corrected chi connectivity index (χ0v) is 19.0. The van der Waals surface area contributed by atoms with E-state index in [2.05, 4.69) is 15.3 Å². The number of fused-ring (bicyclic) bond motifs is 1. The lowest BCUT2D eigenvalue weighted by molar-refractivity contribution is -0.0256. The average molecular weight is 449 g/mol. The van der Waals surface area contributed by atoms with Gasteiger partial charge in [-0.2, -0.15) is 0 Å². The quantitative estimate of drug-likeness (QED) is 0.464. The summed E-state index contributed by atoms with van der Waals surface area (Å²) < 4.78 is 11.9. The van der Waals surface area contributed by atoms with E-state index in [4.69, 9.17) is 9.15 Å². The van der Waals surface area contributed by atoms with Crippen LogP contribution in [0.25, 0.3) is 11.0 Å². The average Bonchev–Trinajstić information content (AvgIpc) is 3.35. The fraction of sp³-hybridized carbons (Fsp3) is 0.292. The Kier molecular flexibility index (Phi) is 5.40. The van der Waals surface area contributed by atoms with Crippen molar-refractivity contribution in [1.29, 1.82) is 0 Å². The van der Waals surface area contributed by atoms with Gasteiger partial charge in [-0.25, -0.2) is 4.98 Å². The monoisotopic (exact) mass is 448 g/mol. The summed E-state index contributed by atoms with van der Waals surface area (Å²) in [6, 6.07) is 11.7. The van der Waals surface area contributed by atoms with Gasteiger partial charge in [-0.15, -0.1) is 11.3 Å². The van der Waals surface area contributed by atoms with Crippen molar-refractivity contribution in [2.75, 3.05) is 25.0 Å². The number of nitrogens with one attached hydrogen (secondary N) is 1. The highest BCUT2D eigenvalue weighted by Crippen LogP contribution is 2.30. The largest absolute Gasteiger partial charge is 0.451 e. The van der Waals surface area contributed by atoms with Crippen molar-refractivity contribution in [3.8, 4) is 0 Å². The summed E-state index contributed by atoms with van der Waals surface area (Å²) in [6.45, 7) is 7.28. The lowest BCUT2D eigenvalue weighted by Crippen LogP contribution is -2.42. The molecule has 4 aromatic rings. The second kappa shape index (κ2) is 8.37. The van der Waals surface area contributed by atoms with Crippen LogP contribution in [-0.2, 0) is 4.74 Å². The summed E-state index contributed by atoms with van der Waals surface area (Å²) in [6.07, 6.45) is 1.53. The normalized spacial score (nSPS) is 16.5. The first-order chi connectivity index (χ1) is 15.5. The molecule has 4 heterocycles. The Morgan fingerprint density at radius 2 is 2.06 bits per heavy atom. The second-order valence-corrected chi connectivity index (χ2v) is 9.22. The Morgan fingerprint density at radius 3 is 2.84 bits per heavy atom. The molecule has 0 bridgehead atoms. The lowest BCUT2D eigenvalue weighted by Gasteiger charge is -2.32. The van der Waals surface area contributed by atoms with Gasteiger partial charge in [0.15, 0.2) is 10.9 Å². The molecule has 1 atom stereocenters. The molecule has 8 heteroatoms. The van der Waals surface area contributed by atoms with Crippen LogP contribution in [0.5, 0.6) is 0 Å². The number of benzene rings is 1. The van der Waals surface area contributed by atoms with Crippen molar-refractivity contribution >= 4 is 39.0 Å². The van der Waals surface area contributed by atoms with E-state index >= 15 is 0 Å². The number of aromatic nitrogens is 2. The van der Waals surface area contributed by atoms with Crippen LogP contribution in [0.4, 0.5) is 10.8 Å². The molecule has 0 unspecified atom stereocenters. The third kappa shape index (κ3) is 3.99. The van der Waals surface area contributed by atoms with Gasteiger partial charge in [0, 0.05) is 39.9 Å². The Balaban J connectivity index is 1.37. The van der Waals surface area contributed by atoms with Crippen LogP contribution >= 0.6 is 11.3 Å². The van der Waals surface area contributed by atoms with Crippen LogP contribution in [0.2, 0.25) is 0 Å². The van der Waals surface area contributed by atoms with Crippen molar-refractivity contribution in [2.24, 2.45) is 0 Å². The molecule has 0 spiro atoms. The van der Waals surface area contributed by atoms with Crippen molar-refractivity contribution < 1.29 is 13.9 Å². The van der Waals surface area contributed by atoms with E-state index in [9.17, 15) is 4.79 Å². The molecule has 7 nitrogen and oxygen atoms in total. The number of hydrogen-bond acceptors (Lipinski definition) is 7. The summed E-state index contributed by atoms with van der Waals surface area (Å²) in [5, 5.41) is 5.14. The number of ether oxygens (including phenoxy) is 1. The fourth-order valence-corrected chi connectivity index (χ4v) is 4.69. The third-order valence-corrected chi connectivity index (χ3v) is 6.40. The first kappa shape index (κ1) is 20.7. The molecule has 1 aromatic carbocycles. The van der Waals surface area contributed by atoms with Gasteiger partial charge >= 0.3 is 0 Å². The van der Waals surface area contributed by atoms with Gasteiger partial charge in [0.25, 0.3) is 5.91 Å². The van der Waals surface area contributed by atoms with Crippen molar-refractivity contribution in [3.63, 3.8) is 0 Å². The molecule has 1 aliphatic heterocycles. The SMILES string of the molecule is Cc1cc(Nc2ncc(C)s2)cc([C@@H]2CN(C(=O)c3oc4ccccc4c3C)CCO2)n1. The highest BCUT2D eigenvalue weighted by atomic mass is 32.1. The predicted molar refractivity (Wildman–Crippen MR) is 125 cm³/mol. The third-order valence-electron chi connectivity index (χ3n) is 5.57. The second-order valence-electron chi connectivity index (χ2n) is 7.99. The predicted octanol–water partition coefficient (Wildman–Crippen LogP) is 5.17. The molecule has 3 aromatic heterocycles. The number of morpholine rings is 1. The van der Waals surface area contributed by atoms with Crippen molar-refractivity contribution in [1.82, 2.24) is 14.9 Å². The molecule has 0 saturated carbocycles. The van der Waals surface area contributed by atoms with Crippen LogP contribution in [-0.4, -0.2) is 40.5 Å². The number of aryl methyl sites for hydroxylation is 3. The molecule has 0 radical (unpaired) electrons. The smallest absolute Gasteiger partial charge is 0.290 e. The maximum Gasteiger partial charge on any atom is 0.290 e. The number of para-hydroxylation sites is 1. The number of carbonyl (C=O) groups is 1. The van der Waals surface area contributed by atoms with E-state index in [1.165, 1.54) is 0 Å². The molecule has 1 fully saturated rings. The van der Waals surface area contributed by atoms with Crippen LogP contribution in [0.15, 0.2) is 47.0 Å². The van der Waals surface area contributed by atoms with Gasteiger partial charge < -0.3 is 19.4 Å². The van der Waals surface area contributed by atoms with Gasteiger partial charge in [0.1, 0.15) is 11.7 Å². The number of pyridine rings is 1. The molecular formula is C24H24N4O3S. The summed E-state index contributed by atoms with van der Waals surface area (Å²) in [4.78, 5) is 25.3. The summed E-state index contributed by atoms with van der Waals surface area (Å²) in [7, 11) is 0. The minimum absolute atomic E-state index is 0.115. The lowest BCUT2D eigenvalue weighted by atomic mass is 10.1. The first-order valence-corrected chi connectivity index (χ1v) is 11.4. The fourth-order valence-electron chi connectivity index (χ4n) is 4.00. The molecule has 32 heavy (non-hydrogen) atoms. The molecule has 1 aliphatic rings. The number of anilines is 2. The minimum atomic E-state index is -0.309. The molecular weight excluding hydrogens is 424 g/mol. The van der Waals surface area contributed by atoms with E-state index < -0.39 is 0 Å². The summed E-state index contributed by atoms with van der Waals surface area (Å²) in [5.74, 6) is 0.279. The van der Waals surface area contributed by atoms with Gasteiger partial charge in [-0.3, -0.25) is 9.78 Å². The van der Waals surface area contributed by atoms with Crippen LogP contribution in [0.3, 0.4) is 0 Å². The van der Waals surface area contributed by atoms with Gasteiger partial charge in [-0.05, 0) is 39.0 Å². The van der Waals surface area contributed by atoms with Crippen LogP contribution in [0, 0.1) is 20.8 Å². The maximum atomic E-state index is 13.3. The number of amides is 1. The molecule has 0 aliphatic carbocycles. The summed E-state index contributed by atoms with van der Waals surface area (Å²) in [5.41, 5.74) is 4.17. The Hall–Kier alpha value is -3.23. The zero-order chi connectivity index (χ0) is 22.2. The van der Waals surface area contributed by atoms with Crippen LogP contribution < -0.4 is 5.32 Å². The van der Waals surface area contributed by atoms with E-state index in [-0.39, 0.29) is 12.0 Å². The number of rotatable bonds is 4. The van der Waals surface area contributed by atoms with Gasteiger partial charge in [0.2, 0.25) is 0 Å². The minimum Gasteiger partial charge on any atom is -0.451 e. The maximum absolute atomic E-state index is 13.3. The molecule has 1 N–H and O–H groups in total. The standard InChI is InChI=1S/C24H24N4O3S/c1-14-10-17(27-24-25-12-15(2)32-24)11-19(26-14)21-13-28(8-9-30-21)23(29)22-16(3)18-6-4-5-7-20(18)31-22/h4-7,10-12,21H,8-9,13H2,1-3H3,(H,25,26,27)/t21-/m0/s1. The Bertz CT molecular complexity index is 1300. The number of thiazole rings is 1.